The van der Waals surface area contributed by atoms with E-state index < -0.39 is 0 Å². The molecular weight excluding hydrogens is 252 g/mol. The van der Waals surface area contributed by atoms with Crippen LogP contribution in [0.25, 0.3) is 6.08 Å². The molecule has 3 N–H and O–H groups in total. The Morgan fingerprint density at radius 1 is 1.30 bits per heavy atom. The number of aliphatic hydroxyl groups excluding tert-OH is 1. The van der Waals surface area contributed by atoms with Gasteiger partial charge in [0.15, 0.2) is 0 Å². The number of nitrogens with zero attached hydrogens (tertiary/aromatic N) is 1. The van der Waals surface area contributed by atoms with Gasteiger partial charge in [0, 0.05) is 24.4 Å². The van der Waals surface area contributed by atoms with Crippen LogP contribution in [0.1, 0.15) is 31.2 Å². The zero-order valence-electron chi connectivity index (χ0n) is 11.7. The number of anilines is 1. The maximum atomic E-state index is 12.3. The first-order valence-electron chi connectivity index (χ1n) is 7.16. The van der Waals surface area contributed by atoms with E-state index in [-0.39, 0.29) is 18.6 Å². The second-order valence-electron chi connectivity index (χ2n) is 5.19. The Kier molecular flexibility index (Phi) is 5.18. The van der Waals surface area contributed by atoms with Gasteiger partial charge in [-0.15, -0.1) is 0 Å². The first kappa shape index (κ1) is 14.6. The predicted molar refractivity (Wildman–Crippen MR) is 80.9 cm³/mol. The molecule has 108 valence electrons. The molecule has 20 heavy (non-hydrogen) atoms. The summed E-state index contributed by atoms with van der Waals surface area (Å²) in [5, 5.41) is 9.13. The third-order valence-corrected chi connectivity index (χ3v) is 3.74. The molecule has 1 aromatic carbocycles. The predicted octanol–water partition coefficient (Wildman–Crippen LogP) is 2.05. The van der Waals surface area contributed by atoms with E-state index in [0.717, 1.165) is 18.4 Å². The topological polar surface area (TPSA) is 66.6 Å². The molecule has 4 nitrogen and oxygen atoms in total. The van der Waals surface area contributed by atoms with Gasteiger partial charge in [-0.1, -0.05) is 25.0 Å². The van der Waals surface area contributed by atoms with E-state index in [1.807, 2.05) is 24.3 Å². The zero-order chi connectivity index (χ0) is 14.4. The minimum Gasteiger partial charge on any atom is -0.399 e. The summed E-state index contributed by atoms with van der Waals surface area (Å²) in [4.78, 5) is 14.1. The van der Waals surface area contributed by atoms with Crippen LogP contribution in [-0.2, 0) is 4.79 Å². The summed E-state index contributed by atoms with van der Waals surface area (Å²) in [6, 6.07) is 7.67. The van der Waals surface area contributed by atoms with Crippen LogP contribution < -0.4 is 5.73 Å². The van der Waals surface area contributed by atoms with E-state index in [9.17, 15) is 4.79 Å². The van der Waals surface area contributed by atoms with Gasteiger partial charge in [0.1, 0.15) is 0 Å². The van der Waals surface area contributed by atoms with Crippen LogP contribution in [0.15, 0.2) is 30.3 Å². The van der Waals surface area contributed by atoms with Gasteiger partial charge in [0.2, 0.25) is 5.91 Å². The first-order chi connectivity index (χ1) is 9.70. The fourth-order valence-electron chi connectivity index (χ4n) is 2.67. The molecule has 1 fully saturated rings. The van der Waals surface area contributed by atoms with E-state index in [4.69, 9.17) is 10.8 Å². The summed E-state index contributed by atoms with van der Waals surface area (Å²) < 4.78 is 0. The molecule has 4 heteroatoms. The van der Waals surface area contributed by atoms with Gasteiger partial charge >= 0.3 is 0 Å². The third kappa shape index (κ3) is 3.84. The van der Waals surface area contributed by atoms with Crippen molar-refractivity contribution in [1.82, 2.24) is 4.90 Å². The fraction of sp³-hybridized carbons (Fsp3) is 0.438. The van der Waals surface area contributed by atoms with Crippen LogP contribution in [0.3, 0.4) is 0 Å². The molecule has 2 rings (SSSR count). The Balaban J connectivity index is 2.01. The second kappa shape index (κ2) is 7.10. The number of nitrogen functional groups attached to an aromatic ring is 1. The Hall–Kier alpha value is -1.81. The lowest BCUT2D eigenvalue weighted by Gasteiger charge is -2.27. The summed E-state index contributed by atoms with van der Waals surface area (Å²) >= 11 is 0. The van der Waals surface area contributed by atoms with E-state index >= 15 is 0 Å². The van der Waals surface area contributed by atoms with Crippen molar-refractivity contribution in [3.05, 3.63) is 35.9 Å². The highest BCUT2D eigenvalue weighted by molar-refractivity contribution is 5.92. The van der Waals surface area contributed by atoms with Crippen molar-refractivity contribution < 1.29 is 9.90 Å². The highest BCUT2D eigenvalue weighted by atomic mass is 16.3. The molecule has 0 radical (unpaired) electrons. The molecule has 0 saturated heterocycles. The maximum absolute atomic E-state index is 12.3. The average Bonchev–Trinajstić information content (AvgIpc) is 2.97. The molecule has 0 unspecified atom stereocenters. The number of hydrogen-bond acceptors (Lipinski definition) is 3. The quantitative estimate of drug-likeness (QED) is 0.638. The smallest absolute Gasteiger partial charge is 0.246 e. The number of nitrogens with two attached hydrogens (primary N) is 1. The van der Waals surface area contributed by atoms with Crippen LogP contribution >= 0.6 is 0 Å². The largest absolute Gasteiger partial charge is 0.399 e. The highest BCUT2D eigenvalue weighted by Crippen LogP contribution is 2.23. The molecule has 0 spiro atoms. The van der Waals surface area contributed by atoms with Crippen molar-refractivity contribution in [2.75, 3.05) is 18.9 Å². The van der Waals surface area contributed by atoms with Gasteiger partial charge in [-0.05, 0) is 36.6 Å². The number of aliphatic hydroxyl groups is 1. The minimum atomic E-state index is -0.0252. The van der Waals surface area contributed by atoms with Crippen LogP contribution in [0.5, 0.6) is 0 Å². The highest BCUT2D eigenvalue weighted by Gasteiger charge is 2.24. The summed E-state index contributed by atoms with van der Waals surface area (Å²) in [6.45, 7) is 0.424. The van der Waals surface area contributed by atoms with E-state index in [1.165, 1.54) is 12.8 Å². The number of benzene rings is 1. The number of rotatable bonds is 5. The Morgan fingerprint density at radius 2 is 1.95 bits per heavy atom. The molecule has 0 aliphatic heterocycles. The molecule has 0 atom stereocenters. The van der Waals surface area contributed by atoms with Crippen LogP contribution in [-0.4, -0.2) is 35.1 Å². The fourth-order valence-corrected chi connectivity index (χ4v) is 2.67. The molecule has 0 aromatic heterocycles. The van der Waals surface area contributed by atoms with Crippen molar-refractivity contribution in [2.24, 2.45) is 0 Å². The Bertz CT molecular complexity index is 462. The number of carbonyl (C=O) groups excluding carboxylic acids is 1. The molecular formula is C16H22N2O2. The van der Waals surface area contributed by atoms with Crippen molar-refractivity contribution in [2.45, 2.75) is 31.7 Å². The molecule has 1 aliphatic carbocycles. The van der Waals surface area contributed by atoms with Crippen molar-refractivity contribution in [1.29, 1.82) is 0 Å². The first-order valence-corrected chi connectivity index (χ1v) is 7.16. The lowest BCUT2D eigenvalue weighted by Crippen LogP contribution is -2.39. The van der Waals surface area contributed by atoms with Crippen molar-refractivity contribution >= 4 is 17.7 Å². The summed E-state index contributed by atoms with van der Waals surface area (Å²) in [5.41, 5.74) is 7.28. The summed E-state index contributed by atoms with van der Waals surface area (Å²) in [6.07, 6.45) is 7.80. The monoisotopic (exact) mass is 274 g/mol. The minimum absolute atomic E-state index is 0.0119. The average molecular weight is 274 g/mol. The molecule has 0 bridgehead atoms. The van der Waals surface area contributed by atoms with Gasteiger partial charge in [-0.2, -0.15) is 0 Å². The zero-order valence-corrected chi connectivity index (χ0v) is 11.7. The van der Waals surface area contributed by atoms with Gasteiger partial charge in [-0.25, -0.2) is 0 Å². The standard InChI is InChI=1S/C16H22N2O2/c17-14-8-5-13(6-9-14)7-10-16(20)18(11-12-19)15-3-1-2-4-15/h5-10,15,19H,1-4,11-12,17H2/b10-7+. The lowest BCUT2D eigenvalue weighted by atomic mass is 10.1. The van der Waals surface area contributed by atoms with E-state index in [0.29, 0.717) is 12.2 Å². The Morgan fingerprint density at radius 3 is 2.55 bits per heavy atom. The van der Waals surface area contributed by atoms with Crippen LogP contribution in [0.2, 0.25) is 0 Å². The molecule has 1 amide bonds. The van der Waals surface area contributed by atoms with Crippen LogP contribution in [0.4, 0.5) is 5.69 Å². The van der Waals surface area contributed by atoms with Crippen molar-refractivity contribution in [3.8, 4) is 0 Å². The van der Waals surface area contributed by atoms with Crippen LogP contribution in [0, 0.1) is 0 Å². The van der Waals surface area contributed by atoms with Gasteiger partial charge < -0.3 is 15.7 Å². The van der Waals surface area contributed by atoms with Gasteiger partial charge in [0.25, 0.3) is 0 Å². The number of hydrogen-bond donors (Lipinski definition) is 2. The maximum Gasteiger partial charge on any atom is 0.246 e. The molecule has 1 aromatic rings. The molecule has 0 heterocycles. The number of amides is 1. The molecule has 1 saturated carbocycles. The second-order valence-corrected chi connectivity index (χ2v) is 5.19. The SMILES string of the molecule is Nc1ccc(/C=C/C(=O)N(CCO)C2CCCC2)cc1. The Labute approximate surface area is 119 Å². The summed E-state index contributed by atoms with van der Waals surface area (Å²) in [5.74, 6) is -0.0252. The lowest BCUT2D eigenvalue weighted by molar-refractivity contribution is -0.128. The third-order valence-electron chi connectivity index (χ3n) is 3.74. The van der Waals surface area contributed by atoms with E-state index in [2.05, 4.69) is 0 Å². The van der Waals surface area contributed by atoms with Crippen molar-refractivity contribution in [3.63, 3.8) is 0 Å². The summed E-state index contributed by atoms with van der Waals surface area (Å²) in [7, 11) is 0. The van der Waals surface area contributed by atoms with Gasteiger partial charge in [-0.3, -0.25) is 4.79 Å². The molecule has 1 aliphatic rings. The normalized spacial score (nSPS) is 15.8. The van der Waals surface area contributed by atoms with Gasteiger partial charge in [0.05, 0.1) is 6.61 Å². The van der Waals surface area contributed by atoms with E-state index in [1.54, 1.807) is 17.1 Å². The number of carbonyl (C=O) groups is 1.